The van der Waals surface area contributed by atoms with Crippen LogP contribution < -0.4 is 10.5 Å². The summed E-state index contributed by atoms with van der Waals surface area (Å²) < 4.78 is 36.4. The Hall–Kier alpha value is -2.45. The first-order valence-corrected chi connectivity index (χ1v) is 8.53. The second-order valence-corrected chi connectivity index (χ2v) is 7.01. The second kappa shape index (κ2) is 6.58. The minimum atomic E-state index is -3.84. The lowest BCUT2D eigenvalue weighted by molar-refractivity contribution is -0.138. The van der Waals surface area contributed by atoms with Crippen LogP contribution >= 0.6 is 0 Å². The van der Waals surface area contributed by atoms with E-state index in [0.717, 1.165) is 6.07 Å². The molecule has 0 fully saturated rings. The van der Waals surface area contributed by atoms with E-state index < -0.39 is 27.9 Å². The average molecular weight is 352 g/mol. The van der Waals surface area contributed by atoms with Gasteiger partial charge in [-0.2, -0.15) is 0 Å². The summed E-state index contributed by atoms with van der Waals surface area (Å²) in [4.78, 5) is 11.5. The zero-order valence-electron chi connectivity index (χ0n) is 13.1. The van der Waals surface area contributed by atoms with E-state index in [1.54, 1.807) is 13.8 Å². The third kappa shape index (κ3) is 3.90. The molecule has 4 N–H and O–H groups in total. The molecule has 1 atom stereocenters. The molecule has 0 aromatic heterocycles. The van der Waals surface area contributed by atoms with Gasteiger partial charge in [0.25, 0.3) is 0 Å². The monoisotopic (exact) mass is 352 g/mol. The van der Waals surface area contributed by atoms with E-state index in [2.05, 4.69) is 5.32 Å². The van der Waals surface area contributed by atoms with Gasteiger partial charge in [0.2, 0.25) is 10.0 Å². The van der Waals surface area contributed by atoms with Crippen LogP contribution in [0.25, 0.3) is 0 Å². The Bertz CT molecular complexity index is 897. The smallest absolute Gasteiger partial charge is 0.330 e. The van der Waals surface area contributed by atoms with Crippen LogP contribution in [0, 0.1) is 19.7 Å². The van der Waals surface area contributed by atoms with E-state index in [0.29, 0.717) is 16.8 Å². The van der Waals surface area contributed by atoms with E-state index in [-0.39, 0.29) is 10.5 Å². The molecular weight excluding hydrogens is 335 g/mol. The van der Waals surface area contributed by atoms with Gasteiger partial charge in [-0.1, -0.05) is 12.1 Å². The molecule has 0 spiro atoms. The van der Waals surface area contributed by atoms with Gasteiger partial charge in [0.15, 0.2) is 6.04 Å². The van der Waals surface area contributed by atoms with Crippen molar-refractivity contribution in [3.05, 3.63) is 58.9 Å². The first-order chi connectivity index (χ1) is 11.1. The zero-order valence-corrected chi connectivity index (χ0v) is 13.9. The van der Waals surface area contributed by atoms with Crippen LogP contribution in [-0.4, -0.2) is 19.5 Å². The van der Waals surface area contributed by atoms with Crippen molar-refractivity contribution in [3.8, 4) is 0 Å². The number of rotatable bonds is 5. The van der Waals surface area contributed by atoms with Crippen LogP contribution in [-0.2, 0) is 14.8 Å². The number of hydrogen-bond acceptors (Lipinski definition) is 4. The fourth-order valence-electron chi connectivity index (χ4n) is 2.21. The molecule has 6 nitrogen and oxygen atoms in total. The van der Waals surface area contributed by atoms with Crippen LogP contribution in [0.15, 0.2) is 41.3 Å². The van der Waals surface area contributed by atoms with Crippen molar-refractivity contribution < 1.29 is 22.7 Å². The maximum absolute atomic E-state index is 13.7. The number of anilines is 1. The van der Waals surface area contributed by atoms with Crippen LogP contribution in [0.5, 0.6) is 0 Å². The van der Waals surface area contributed by atoms with E-state index in [1.807, 2.05) is 0 Å². The number of aryl methyl sites for hydroxylation is 2. The van der Waals surface area contributed by atoms with Gasteiger partial charge in [-0.25, -0.2) is 22.7 Å². The number of carboxylic acids is 1. The molecule has 0 heterocycles. The quantitative estimate of drug-likeness (QED) is 0.765. The fourth-order valence-corrected chi connectivity index (χ4v) is 2.81. The summed E-state index contributed by atoms with van der Waals surface area (Å²) in [6, 6.07) is 7.05. The van der Waals surface area contributed by atoms with Gasteiger partial charge in [0.05, 0.1) is 4.90 Å². The lowest BCUT2D eigenvalue weighted by Crippen LogP contribution is -2.21. The summed E-state index contributed by atoms with van der Waals surface area (Å²) in [6.45, 7) is 3.20. The van der Waals surface area contributed by atoms with Gasteiger partial charge in [-0.15, -0.1) is 0 Å². The Labute approximate surface area is 139 Å². The van der Waals surface area contributed by atoms with E-state index in [1.165, 1.54) is 30.3 Å². The molecule has 0 radical (unpaired) electrons. The van der Waals surface area contributed by atoms with Crippen molar-refractivity contribution in [1.82, 2.24) is 0 Å². The normalized spacial score (nSPS) is 12.7. The van der Waals surface area contributed by atoms with Crippen molar-refractivity contribution in [3.63, 3.8) is 0 Å². The molecule has 0 aliphatic heterocycles. The molecule has 2 rings (SSSR count). The Balaban J connectivity index is 2.38. The molecule has 0 aliphatic carbocycles. The highest BCUT2D eigenvalue weighted by Gasteiger charge is 2.21. The molecule has 0 bridgehead atoms. The van der Waals surface area contributed by atoms with Crippen molar-refractivity contribution in [2.45, 2.75) is 24.8 Å². The summed E-state index contributed by atoms with van der Waals surface area (Å²) in [6.07, 6.45) is 0. The minimum absolute atomic E-state index is 0.0706. The summed E-state index contributed by atoms with van der Waals surface area (Å²) >= 11 is 0. The summed E-state index contributed by atoms with van der Waals surface area (Å²) in [5.74, 6) is -1.69. The van der Waals surface area contributed by atoms with Crippen molar-refractivity contribution in [2.75, 3.05) is 5.32 Å². The lowest BCUT2D eigenvalue weighted by atomic mass is 10.0. The first-order valence-electron chi connectivity index (χ1n) is 6.98. The van der Waals surface area contributed by atoms with Crippen molar-refractivity contribution in [2.24, 2.45) is 5.14 Å². The van der Waals surface area contributed by atoms with E-state index in [4.69, 9.17) is 5.14 Å². The third-order valence-corrected chi connectivity index (χ3v) is 4.51. The molecule has 24 heavy (non-hydrogen) atoms. The summed E-state index contributed by atoms with van der Waals surface area (Å²) in [5, 5.41) is 17.3. The maximum Gasteiger partial charge on any atom is 0.330 e. The highest BCUT2D eigenvalue weighted by atomic mass is 32.2. The number of sulfonamides is 1. The first kappa shape index (κ1) is 17.9. The molecule has 8 heteroatoms. The van der Waals surface area contributed by atoms with Gasteiger partial charge in [-0.05, 0) is 54.8 Å². The van der Waals surface area contributed by atoms with Crippen molar-refractivity contribution in [1.29, 1.82) is 0 Å². The number of aliphatic carboxylic acids is 1. The van der Waals surface area contributed by atoms with Crippen LogP contribution in [0.3, 0.4) is 0 Å². The summed E-state index contributed by atoms with van der Waals surface area (Å²) in [7, 11) is -3.84. The Morgan fingerprint density at radius 3 is 2.33 bits per heavy atom. The number of nitrogens with two attached hydrogens (primary N) is 1. The number of nitrogens with one attached hydrogen (secondary N) is 1. The van der Waals surface area contributed by atoms with Gasteiger partial charge in [0, 0.05) is 5.69 Å². The van der Waals surface area contributed by atoms with Gasteiger partial charge in [0.1, 0.15) is 5.82 Å². The SMILES string of the molecule is Cc1ccc(C(Nc2ccc(S(N)(=O)=O)cc2C)C(=O)O)cc1F. The van der Waals surface area contributed by atoms with Crippen LogP contribution in [0.1, 0.15) is 22.7 Å². The predicted octanol–water partition coefficient (Wildman–Crippen LogP) is 2.33. The minimum Gasteiger partial charge on any atom is -0.479 e. The van der Waals surface area contributed by atoms with Gasteiger partial charge < -0.3 is 10.4 Å². The lowest BCUT2D eigenvalue weighted by Gasteiger charge is -2.18. The number of carboxylic acid groups (broad SMARTS) is 1. The van der Waals surface area contributed by atoms with E-state index in [9.17, 15) is 22.7 Å². The highest BCUT2D eigenvalue weighted by molar-refractivity contribution is 7.89. The molecule has 1 unspecified atom stereocenters. The third-order valence-electron chi connectivity index (χ3n) is 3.60. The number of benzene rings is 2. The Morgan fingerprint density at radius 2 is 1.83 bits per heavy atom. The molecule has 0 saturated heterocycles. The summed E-state index contributed by atoms with van der Waals surface area (Å²) in [5.41, 5.74) is 1.58. The predicted molar refractivity (Wildman–Crippen MR) is 87.7 cm³/mol. The second-order valence-electron chi connectivity index (χ2n) is 5.45. The number of halogens is 1. The van der Waals surface area contributed by atoms with Crippen molar-refractivity contribution >= 4 is 21.7 Å². The molecular formula is C16H17FN2O4S. The zero-order chi connectivity index (χ0) is 18.1. The fraction of sp³-hybridized carbons (Fsp3) is 0.188. The molecule has 2 aromatic carbocycles. The van der Waals surface area contributed by atoms with Gasteiger partial charge >= 0.3 is 5.97 Å². The molecule has 2 aromatic rings. The standard InChI is InChI=1S/C16H17FN2O4S/c1-9-3-4-11(8-13(9)17)15(16(20)21)19-14-6-5-12(7-10(14)2)24(18,22)23/h3-8,15,19H,1-2H3,(H,20,21)(H2,18,22,23). The Kier molecular flexibility index (Phi) is 4.91. The maximum atomic E-state index is 13.7. The molecule has 0 saturated carbocycles. The number of hydrogen-bond donors (Lipinski definition) is 3. The number of primary sulfonamides is 1. The largest absolute Gasteiger partial charge is 0.479 e. The molecule has 0 aliphatic rings. The highest BCUT2D eigenvalue weighted by Crippen LogP contribution is 2.25. The molecule has 0 amide bonds. The molecule has 128 valence electrons. The average Bonchev–Trinajstić information content (AvgIpc) is 2.47. The topological polar surface area (TPSA) is 109 Å². The Morgan fingerprint density at radius 1 is 1.17 bits per heavy atom. The van der Waals surface area contributed by atoms with Gasteiger partial charge in [-0.3, -0.25) is 0 Å². The van der Waals surface area contributed by atoms with E-state index >= 15 is 0 Å². The van der Waals surface area contributed by atoms with Crippen LogP contribution in [0.4, 0.5) is 10.1 Å². The van der Waals surface area contributed by atoms with Crippen LogP contribution in [0.2, 0.25) is 0 Å². The number of carbonyl (C=O) groups is 1.